The second-order valence-electron chi connectivity index (χ2n) is 3.53. The van der Waals surface area contributed by atoms with Crippen LogP contribution in [0.15, 0.2) is 0 Å². The monoisotopic (exact) mass is 202 g/mol. The van der Waals surface area contributed by atoms with E-state index in [1.807, 2.05) is 11.8 Å². The average molecular weight is 202 g/mol. The maximum absolute atomic E-state index is 11.1. The van der Waals surface area contributed by atoms with Crippen LogP contribution in [0.2, 0.25) is 0 Å². The van der Waals surface area contributed by atoms with Crippen molar-refractivity contribution in [3.05, 3.63) is 0 Å². The van der Waals surface area contributed by atoms with E-state index < -0.39 is 0 Å². The number of nitrogens with zero attached hydrogens (tertiary/aromatic N) is 1. The zero-order valence-corrected chi connectivity index (χ0v) is 8.73. The first-order valence-corrected chi connectivity index (χ1v) is 4.79. The van der Waals surface area contributed by atoms with Crippen LogP contribution < -0.4 is 5.73 Å². The Morgan fingerprint density at radius 3 is 3.07 bits per heavy atom. The van der Waals surface area contributed by atoms with Crippen LogP contribution in [-0.2, 0) is 14.3 Å². The number of hydrogen-bond donors (Lipinski definition) is 1. The molecule has 2 atom stereocenters. The number of nitrogens with two attached hydrogens (primary N) is 1. The summed E-state index contributed by atoms with van der Waals surface area (Å²) in [6.45, 7) is 4.47. The molecule has 0 aliphatic carbocycles. The molecule has 14 heavy (non-hydrogen) atoms. The minimum absolute atomic E-state index is 0.106. The third-order valence-corrected chi connectivity index (χ3v) is 2.46. The van der Waals surface area contributed by atoms with E-state index in [1.54, 1.807) is 7.11 Å². The van der Waals surface area contributed by atoms with E-state index in [9.17, 15) is 4.79 Å². The molecule has 0 saturated carbocycles. The summed E-state index contributed by atoms with van der Waals surface area (Å²) in [7, 11) is 1.66. The van der Waals surface area contributed by atoms with E-state index in [-0.39, 0.29) is 18.1 Å². The molecule has 5 nitrogen and oxygen atoms in total. The fraction of sp³-hybridized carbons (Fsp3) is 0.889. The van der Waals surface area contributed by atoms with Crippen molar-refractivity contribution in [2.75, 3.05) is 33.4 Å². The van der Waals surface area contributed by atoms with Crippen LogP contribution in [-0.4, -0.2) is 56.4 Å². The van der Waals surface area contributed by atoms with Crippen LogP contribution in [0.3, 0.4) is 0 Å². The Hall–Kier alpha value is -0.650. The van der Waals surface area contributed by atoms with Gasteiger partial charge in [0.2, 0.25) is 5.91 Å². The molecule has 2 unspecified atom stereocenters. The molecule has 1 rings (SSSR count). The standard InChI is InChI=1S/C9H18N2O3/c1-7(13-2)5-11-3-4-14-6-8(11)9(10)12/h7-8H,3-6H2,1-2H3,(H2,10,12). The highest BCUT2D eigenvalue weighted by atomic mass is 16.5. The Bertz CT molecular complexity index is 198. The molecule has 0 spiro atoms. The van der Waals surface area contributed by atoms with E-state index in [4.69, 9.17) is 15.2 Å². The van der Waals surface area contributed by atoms with Crippen molar-refractivity contribution in [3.63, 3.8) is 0 Å². The number of amides is 1. The highest BCUT2D eigenvalue weighted by Gasteiger charge is 2.28. The van der Waals surface area contributed by atoms with Gasteiger partial charge >= 0.3 is 0 Å². The van der Waals surface area contributed by atoms with Gasteiger partial charge in [0.15, 0.2) is 0 Å². The fourth-order valence-electron chi connectivity index (χ4n) is 1.52. The Kier molecular flexibility index (Phi) is 4.31. The summed E-state index contributed by atoms with van der Waals surface area (Å²) in [6.07, 6.45) is 0.106. The van der Waals surface area contributed by atoms with Gasteiger partial charge in [-0.15, -0.1) is 0 Å². The first-order valence-electron chi connectivity index (χ1n) is 4.79. The van der Waals surface area contributed by atoms with Gasteiger partial charge in [0.05, 0.1) is 19.3 Å². The number of methoxy groups -OCH3 is 1. The quantitative estimate of drug-likeness (QED) is 0.648. The smallest absolute Gasteiger partial charge is 0.237 e. The molecule has 1 amide bonds. The summed E-state index contributed by atoms with van der Waals surface area (Å²) in [5, 5.41) is 0. The van der Waals surface area contributed by atoms with E-state index in [1.165, 1.54) is 0 Å². The van der Waals surface area contributed by atoms with Crippen LogP contribution in [0.1, 0.15) is 6.92 Å². The van der Waals surface area contributed by atoms with E-state index >= 15 is 0 Å². The lowest BCUT2D eigenvalue weighted by atomic mass is 10.2. The van der Waals surface area contributed by atoms with Gasteiger partial charge in [0.25, 0.3) is 0 Å². The van der Waals surface area contributed by atoms with Gasteiger partial charge in [-0.1, -0.05) is 0 Å². The molecule has 0 aromatic heterocycles. The Labute approximate surface area is 84.1 Å². The molecule has 1 aliphatic rings. The van der Waals surface area contributed by atoms with Crippen molar-refractivity contribution < 1.29 is 14.3 Å². The second kappa shape index (κ2) is 5.29. The topological polar surface area (TPSA) is 64.8 Å². The van der Waals surface area contributed by atoms with Crippen molar-refractivity contribution in [2.24, 2.45) is 5.73 Å². The van der Waals surface area contributed by atoms with Crippen molar-refractivity contribution in [2.45, 2.75) is 19.1 Å². The Morgan fingerprint density at radius 1 is 1.79 bits per heavy atom. The summed E-state index contributed by atoms with van der Waals surface area (Å²) in [4.78, 5) is 13.1. The zero-order chi connectivity index (χ0) is 10.6. The largest absolute Gasteiger partial charge is 0.380 e. The molecule has 5 heteroatoms. The Balaban J connectivity index is 2.49. The predicted molar refractivity (Wildman–Crippen MR) is 51.8 cm³/mol. The summed E-state index contributed by atoms with van der Waals surface area (Å²) in [5.41, 5.74) is 5.27. The van der Waals surface area contributed by atoms with Gasteiger partial charge in [-0.05, 0) is 6.92 Å². The Morgan fingerprint density at radius 2 is 2.50 bits per heavy atom. The first-order chi connectivity index (χ1) is 6.65. The number of hydrogen-bond acceptors (Lipinski definition) is 4. The van der Waals surface area contributed by atoms with Crippen LogP contribution >= 0.6 is 0 Å². The van der Waals surface area contributed by atoms with Gasteiger partial charge in [-0.2, -0.15) is 0 Å². The maximum atomic E-state index is 11.1. The molecule has 2 N–H and O–H groups in total. The molecule has 0 bridgehead atoms. The lowest BCUT2D eigenvalue weighted by molar-refractivity contribution is -0.130. The van der Waals surface area contributed by atoms with Crippen molar-refractivity contribution in [1.82, 2.24) is 4.90 Å². The highest BCUT2D eigenvalue weighted by Crippen LogP contribution is 2.07. The average Bonchev–Trinajstić information content (AvgIpc) is 2.18. The van der Waals surface area contributed by atoms with Gasteiger partial charge in [-0.3, -0.25) is 9.69 Å². The van der Waals surface area contributed by atoms with Crippen LogP contribution in [0.5, 0.6) is 0 Å². The van der Waals surface area contributed by atoms with Crippen molar-refractivity contribution >= 4 is 5.91 Å². The van der Waals surface area contributed by atoms with Gasteiger partial charge in [0.1, 0.15) is 6.04 Å². The van der Waals surface area contributed by atoms with Gasteiger partial charge in [-0.25, -0.2) is 0 Å². The molecular weight excluding hydrogens is 184 g/mol. The van der Waals surface area contributed by atoms with Crippen molar-refractivity contribution in [3.8, 4) is 0 Å². The number of ether oxygens (including phenoxy) is 2. The third kappa shape index (κ3) is 2.94. The third-order valence-electron chi connectivity index (χ3n) is 2.46. The number of morpholine rings is 1. The molecule has 0 radical (unpaired) electrons. The molecule has 0 aromatic rings. The fourth-order valence-corrected chi connectivity index (χ4v) is 1.52. The first kappa shape index (κ1) is 11.4. The molecule has 1 aliphatic heterocycles. The molecule has 82 valence electrons. The normalized spacial score (nSPS) is 26.0. The maximum Gasteiger partial charge on any atom is 0.237 e. The lowest BCUT2D eigenvalue weighted by Gasteiger charge is -2.34. The number of primary amides is 1. The number of rotatable bonds is 4. The summed E-state index contributed by atoms with van der Waals surface area (Å²) < 4.78 is 10.4. The van der Waals surface area contributed by atoms with Crippen molar-refractivity contribution in [1.29, 1.82) is 0 Å². The van der Waals surface area contributed by atoms with E-state index in [0.29, 0.717) is 19.8 Å². The number of carbonyl (C=O) groups is 1. The predicted octanol–water partition coefficient (Wildman–Crippen LogP) is -0.793. The minimum Gasteiger partial charge on any atom is -0.380 e. The van der Waals surface area contributed by atoms with Crippen LogP contribution in [0.4, 0.5) is 0 Å². The molecule has 1 heterocycles. The van der Waals surface area contributed by atoms with Gasteiger partial charge in [0, 0.05) is 20.2 Å². The van der Waals surface area contributed by atoms with Crippen LogP contribution in [0.25, 0.3) is 0 Å². The van der Waals surface area contributed by atoms with E-state index in [0.717, 1.165) is 6.54 Å². The van der Waals surface area contributed by atoms with Crippen LogP contribution in [0, 0.1) is 0 Å². The lowest BCUT2D eigenvalue weighted by Crippen LogP contribution is -2.54. The highest BCUT2D eigenvalue weighted by molar-refractivity contribution is 5.80. The van der Waals surface area contributed by atoms with E-state index in [2.05, 4.69) is 0 Å². The zero-order valence-electron chi connectivity index (χ0n) is 8.73. The summed E-state index contributed by atoms with van der Waals surface area (Å²) >= 11 is 0. The SMILES string of the molecule is COC(C)CN1CCOCC1C(N)=O. The van der Waals surface area contributed by atoms with Gasteiger partial charge < -0.3 is 15.2 Å². The molecule has 1 fully saturated rings. The molecular formula is C9H18N2O3. The molecule has 1 saturated heterocycles. The molecule has 0 aromatic carbocycles. The minimum atomic E-state index is -0.326. The number of carbonyl (C=O) groups excluding carboxylic acids is 1. The second-order valence-corrected chi connectivity index (χ2v) is 3.53. The summed E-state index contributed by atoms with van der Waals surface area (Å²) in [5.74, 6) is -0.326. The summed E-state index contributed by atoms with van der Waals surface area (Å²) in [6, 6.07) is -0.304.